The Morgan fingerprint density at radius 3 is 2.57 bits per heavy atom. The summed E-state index contributed by atoms with van der Waals surface area (Å²) in [6, 6.07) is 9.77. The quantitative estimate of drug-likeness (QED) is 0.650. The Balaban J connectivity index is 1.52. The predicted molar refractivity (Wildman–Crippen MR) is 115 cm³/mol. The number of nitrogens with zero attached hydrogens (tertiary/aromatic N) is 2. The maximum Gasteiger partial charge on any atom is 0.251 e. The van der Waals surface area contributed by atoms with Crippen LogP contribution in [0, 0.1) is 19.8 Å². The van der Waals surface area contributed by atoms with Crippen LogP contribution in [0.4, 0.5) is 0 Å². The molecule has 2 aromatic rings. The number of carbonyl (C=O) groups excluding carboxylic acids is 2. The fourth-order valence-electron chi connectivity index (χ4n) is 3.98. The van der Waals surface area contributed by atoms with Gasteiger partial charge >= 0.3 is 0 Å². The monoisotopic (exact) mass is 412 g/mol. The number of aryl methyl sites for hydroxylation is 2. The molecule has 1 atom stereocenters. The molecular formula is C23H32N4O3. The lowest BCUT2D eigenvalue weighted by Gasteiger charge is -2.28. The Morgan fingerprint density at radius 2 is 1.93 bits per heavy atom. The van der Waals surface area contributed by atoms with Crippen LogP contribution in [0.2, 0.25) is 0 Å². The first-order valence-electron chi connectivity index (χ1n) is 10.7. The second-order valence-corrected chi connectivity index (χ2v) is 8.40. The zero-order chi connectivity index (χ0) is 21.7. The lowest BCUT2D eigenvalue weighted by molar-refractivity contribution is -0.126. The zero-order valence-electron chi connectivity index (χ0n) is 18.0. The highest BCUT2D eigenvalue weighted by molar-refractivity contribution is 5.94. The van der Waals surface area contributed by atoms with Gasteiger partial charge in [0.25, 0.3) is 5.91 Å². The van der Waals surface area contributed by atoms with E-state index in [0.29, 0.717) is 12.1 Å². The van der Waals surface area contributed by atoms with Crippen LogP contribution < -0.4 is 10.6 Å². The molecule has 30 heavy (non-hydrogen) atoms. The number of rotatable bonds is 7. The van der Waals surface area contributed by atoms with Gasteiger partial charge in [0.2, 0.25) is 5.91 Å². The standard InChI is InChI=1S/C23H32N4O3/c1-15-11-16(2)27(26-15)14-18-5-4-6-20(12-18)23(30)25-21-9-7-19(8-10-21)22(29)24-13-17(3)28/h4-6,11-12,17,19,21,28H,7-10,13-14H2,1-3H3,(H,24,29)(H,25,30). The van der Waals surface area contributed by atoms with Crippen molar-refractivity contribution in [3.63, 3.8) is 0 Å². The van der Waals surface area contributed by atoms with Gasteiger partial charge in [0.05, 0.1) is 18.3 Å². The van der Waals surface area contributed by atoms with Crippen LogP contribution in [-0.2, 0) is 11.3 Å². The van der Waals surface area contributed by atoms with Gasteiger partial charge < -0.3 is 15.7 Å². The molecule has 3 rings (SSSR count). The average Bonchev–Trinajstić information content (AvgIpc) is 3.03. The molecule has 1 aromatic heterocycles. The zero-order valence-corrected chi connectivity index (χ0v) is 18.0. The predicted octanol–water partition coefficient (Wildman–Crippen LogP) is 2.33. The number of benzene rings is 1. The van der Waals surface area contributed by atoms with E-state index in [2.05, 4.69) is 15.7 Å². The molecule has 0 aliphatic heterocycles. The molecule has 1 aromatic carbocycles. The minimum atomic E-state index is -0.540. The van der Waals surface area contributed by atoms with E-state index in [-0.39, 0.29) is 30.3 Å². The lowest BCUT2D eigenvalue weighted by atomic mass is 9.85. The maximum atomic E-state index is 12.7. The fourth-order valence-corrected chi connectivity index (χ4v) is 3.98. The largest absolute Gasteiger partial charge is 0.392 e. The third-order valence-electron chi connectivity index (χ3n) is 5.63. The summed E-state index contributed by atoms with van der Waals surface area (Å²) < 4.78 is 1.94. The van der Waals surface area contributed by atoms with Crippen molar-refractivity contribution in [3.05, 3.63) is 52.8 Å². The Morgan fingerprint density at radius 1 is 1.20 bits per heavy atom. The number of aromatic nitrogens is 2. The first-order valence-corrected chi connectivity index (χ1v) is 10.7. The molecule has 0 spiro atoms. The van der Waals surface area contributed by atoms with E-state index in [1.165, 1.54) is 0 Å². The minimum absolute atomic E-state index is 0.00229. The molecule has 1 fully saturated rings. The molecule has 1 heterocycles. The first-order chi connectivity index (χ1) is 14.3. The summed E-state index contributed by atoms with van der Waals surface area (Å²) in [6.45, 7) is 6.56. The van der Waals surface area contributed by atoms with Crippen molar-refractivity contribution in [2.75, 3.05) is 6.54 Å². The van der Waals surface area contributed by atoms with Gasteiger partial charge in [0, 0.05) is 29.8 Å². The van der Waals surface area contributed by atoms with Gasteiger partial charge in [-0.2, -0.15) is 5.10 Å². The number of hydrogen-bond acceptors (Lipinski definition) is 4. The van der Waals surface area contributed by atoms with Crippen LogP contribution in [0.25, 0.3) is 0 Å². The summed E-state index contributed by atoms with van der Waals surface area (Å²) in [5.41, 5.74) is 3.76. The number of amides is 2. The molecule has 3 N–H and O–H groups in total. The SMILES string of the molecule is Cc1cc(C)n(Cc2cccc(C(=O)NC3CCC(C(=O)NCC(C)O)CC3)c2)n1. The molecule has 7 heteroatoms. The highest BCUT2D eigenvalue weighted by atomic mass is 16.3. The van der Waals surface area contributed by atoms with Gasteiger partial charge in [0.1, 0.15) is 0 Å². The molecule has 1 aliphatic rings. The van der Waals surface area contributed by atoms with Crippen LogP contribution in [0.1, 0.15) is 59.9 Å². The highest BCUT2D eigenvalue weighted by Gasteiger charge is 2.27. The van der Waals surface area contributed by atoms with Gasteiger partial charge in [0.15, 0.2) is 0 Å². The lowest BCUT2D eigenvalue weighted by Crippen LogP contribution is -2.42. The fraction of sp³-hybridized carbons (Fsp3) is 0.522. The van der Waals surface area contributed by atoms with Crippen molar-refractivity contribution < 1.29 is 14.7 Å². The molecule has 0 bridgehead atoms. The van der Waals surface area contributed by atoms with Crippen LogP contribution >= 0.6 is 0 Å². The first kappa shape index (κ1) is 22.0. The number of nitrogens with one attached hydrogen (secondary N) is 2. The van der Waals surface area contributed by atoms with Crippen molar-refractivity contribution >= 4 is 11.8 Å². The highest BCUT2D eigenvalue weighted by Crippen LogP contribution is 2.25. The van der Waals surface area contributed by atoms with Gasteiger partial charge in [-0.3, -0.25) is 14.3 Å². The molecule has 1 saturated carbocycles. The second-order valence-electron chi connectivity index (χ2n) is 8.40. The van der Waals surface area contributed by atoms with E-state index in [1.807, 2.05) is 48.9 Å². The summed E-state index contributed by atoms with van der Waals surface area (Å²) in [5, 5.41) is 19.7. The number of carbonyl (C=O) groups is 2. The summed E-state index contributed by atoms with van der Waals surface area (Å²) in [5.74, 6) is -0.120. The summed E-state index contributed by atoms with van der Waals surface area (Å²) in [7, 11) is 0. The maximum absolute atomic E-state index is 12.7. The third-order valence-corrected chi connectivity index (χ3v) is 5.63. The Hall–Kier alpha value is -2.67. The molecule has 162 valence electrons. The van der Waals surface area contributed by atoms with Crippen LogP contribution in [0.5, 0.6) is 0 Å². The summed E-state index contributed by atoms with van der Waals surface area (Å²) in [6.07, 6.45) is 2.51. The average molecular weight is 413 g/mol. The van der Waals surface area contributed by atoms with E-state index in [0.717, 1.165) is 42.6 Å². The minimum Gasteiger partial charge on any atom is -0.392 e. The summed E-state index contributed by atoms with van der Waals surface area (Å²) >= 11 is 0. The molecular weight excluding hydrogens is 380 g/mol. The Bertz CT molecular complexity index is 882. The van der Waals surface area contributed by atoms with Gasteiger partial charge in [-0.15, -0.1) is 0 Å². The molecule has 0 saturated heterocycles. The van der Waals surface area contributed by atoms with E-state index in [1.54, 1.807) is 6.92 Å². The second kappa shape index (κ2) is 9.89. The Labute approximate surface area is 177 Å². The van der Waals surface area contributed by atoms with Crippen molar-refractivity contribution in [1.29, 1.82) is 0 Å². The van der Waals surface area contributed by atoms with Crippen molar-refractivity contribution in [1.82, 2.24) is 20.4 Å². The molecule has 2 amide bonds. The van der Waals surface area contributed by atoms with E-state index < -0.39 is 6.10 Å². The topological polar surface area (TPSA) is 96.2 Å². The molecule has 1 unspecified atom stereocenters. The van der Waals surface area contributed by atoms with Crippen LogP contribution in [0.15, 0.2) is 30.3 Å². The van der Waals surface area contributed by atoms with E-state index >= 15 is 0 Å². The van der Waals surface area contributed by atoms with Crippen LogP contribution in [-0.4, -0.2) is 45.4 Å². The summed E-state index contributed by atoms with van der Waals surface area (Å²) in [4.78, 5) is 24.9. The van der Waals surface area contributed by atoms with Crippen molar-refractivity contribution in [2.24, 2.45) is 5.92 Å². The third kappa shape index (κ3) is 5.92. The van der Waals surface area contributed by atoms with Crippen molar-refractivity contribution in [2.45, 2.75) is 65.1 Å². The van der Waals surface area contributed by atoms with E-state index in [4.69, 9.17) is 0 Å². The Kier molecular flexibility index (Phi) is 7.26. The number of aliphatic hydroxyl groups is 1. The van der Waals surface area contributed by atoms with Gasteiger partial charge in [-0.1, -0.05) is 12.1 Å². The number of hydrogen-bond donors (Lipinski definition) is 3. The van der Waals surface area contributed by atoms with Crippen molar-refractivity contribution in [3.8, 4) is 0 Å². The van der Waals surface area contributed by atoms with E-state index in [9.17, 15) is 14.7 Å². The number of aliphatic hydroxyl groups excluding tert-OH is 1. The molecule has 0 radical (unpaired) electrons. The normalized spacial score (nSPS) is 19.9. The van der Waals surface area contributed by atoms with Crippen LogP contribution in [0.3, 0.4) is 0 Å². The van der Waals surface area contributed by atoms with Gasteiger partial charge in [-0.05, 0) is 70.2 Å². The molecule has 1 aliphatic carbocycles. The smallest absolute Gasteiger partial charge is 0.251 e. The molecule has 7 nitrogen and oxygen atoms in total. The van der Waals surface area contributed by atoms with Gasteiger partial charge in [-0.25, -0.2) is 0 Å².